The average molecular weight is 361 g/mol. The Labute approximate surface area is 144 Å². The summed E-state index contributed by atoms with van der Waals surface area (Å²) < 4.78 is 33.9. The van der Waals surface area contributed by atoms with Crippen LogP contribution in [-0.4, -0.2) is 36.5 Å². The first-order valence-electron chi connectivity index (χ1n) is 7.23. The molecule has 1 amide bonds. The zero-order valence-corrected chi connectivity index (χ0v) is 14.2. The summed E-state index contributed by atoms with van der Waals surface area (Å²) in [6.07, 6.45) is 2.68. The maximum absolute atomic E-state index is 12.6. The third-order valence-corrected chi connectivity index (χ3v) is 4.90. The van der Waals surface area contributed by atoms with Crippen LogP contribution in [0.25, 0.3) is 0 Å². The van der Waals surface area contributed by atoms with E-state index in [4.69, 9.17) is 4.42 Å². The Balaban J connectivity index is 1.98. The van der Waals surface area contributed by atoms with E-state index in [2.05, 4.69) is 9.71 Å². The van der Waals surface area contributed by atoms with Crippen molar-refractivity contribution in [2.24, 2.45) is 4.40 Å². The van der Waals surface area contributed by atoms with Crippen LogP contribution in [0, 0.1) is 6.92 Å². The fraction of sp³-hybridized carbons (Fsp3) is 0.125. The molecular formula is C16H15N3O5S. The van der Waals surface area contributed by atoms with Gasteiger partial charge in [-0.25, -0.2) is 4.31 Å². The van der Waals surface area contributed by atoms with Gasteiger partial charge < -0.3 is 14.8 Å². The van der Waals surface area contributed by atoms with E-state index in [9.17, 15) is 18.3 Å². The molecule has 0 unspecified atom stereocenters. The highest BCUT2D eigenvalue weighted by atomic mass is 32.2. The average Bonchev–Trinajstić information content (AvgIpc) is 3.07. The minimum absolute atomic E-state index is 0.0155. The molecule has 0 radical (unpaired) electrons. The Kier molecular flexibility index (Phi) is 4.09. The summed E-state index contributed by atoms with van der Waals surface area (Å²) in [6.45, 7) is 1.80. The van der Waals surface area contributed by atoms with Crippen LogP contribution < -0.4 is 5.32 Å². The summed E-state index contributed by atoms with van der Waals surface area (Å²) in [5.41, 5.74) is 0.868. The third-order valence-electron chi connectivity index (χ3n) is 3.58. The van der Waals surface area contributed by atoms with Crippen LogP contribution in [0.5, 0.6) is 5.75 Å². The van der Waals surface area contributed by atoms with Crippen molar-refractivity contribution in [3.05, 3.63) is 59.7 Å². The smallest absolute Gasteiger partial charge is 0.345 e. The Morgan fingerprint density at radius 3 is 2.76 bits per heavy atom. The number of amides is 1. The molecule has 130 valence electrons. The topological polar surface area (TPSA) is 112 Å². The molecule has 1 aliphatic rings. The molecule has 0 fully saturated rings. The highest BCUT2D eigenvalue weighted by Crippen LogP contribution is 2.26. The van der Waals surface area contributed by atoms with Crippen molar-refractivity contribution >= 4 is 27.5 Å². The summed E-state index contributed by atoms with van der Waals surface area (Å²) in [5, 5.41) is 12.4. The van der Waals surface area contributed by atoms with Crippen LogP contribution in [-0.2, 0) is 15.0 Å². The highest BCUT2D eigenvalue weighted by molar-refractivity contribution is 7.88. The van der Waals surface area contributed by atoms with Gasteiger partial charge in [0.25, 0.3) is 5.91 Å². The van der Waals surface area contributed by atoms with Gasteiger partial charge >= 0.3 is 10.2 Å². The van der Waals surface area contributed by atoms with E-state index in [1.807, 2.05) is 0 Å². The van der Waals surface area contributed by atoms with Gasteiger partial charge in [0.05, 0.1) is 12.0 Å². The Hall–Kier alpha value is -3.07. The van der Waals surface area contributed by atoms with Crippen LogP contribution in [0.3, 0.4) is 0 Å². The molecule has 1 aromatic heterocycles. The highest BCUT2D eigenvalue weighted by Gasteiger charge is 2.31. The van der Waals surface area contributed by atoms with Crippen LogP contribution in [0.2, 0.25) is 0 Å². The lowest BCUT2D eigenvalue weighted by molar-refractivity contribution is -0.113. The number of carbonyl (C=O) groups excluding carboxylic acids is 1. The number of allylic oxidation sites excluding steroid dienone is 1. The maximum Gasteiger partial charge on any atom is 0.345 e. The summed E-state index contributed by atoms with van der Waals surface area (Å²) in [5.74, 6) is -0.605. The van der Waals surface area contributed by atoms with Crippen LogP contribution >= 0.6 is 0 Å². The second kappa shape index (κ2) is 6.10. The molecule has 25 heavy (non-hydrogen) atoms. The van der Waals surface area contributed by atoms with E-state index >= 15 is 0 Å². The van der Waals surface area contributed by atoms with Gasteiger partial charge in [-0.2, -0.15) is 8.42 Å². The quantitative estimate of drug-likeness (QED) is 0.810. The summed E-state index contributed by atoms with van der Waals surface area (Å²) in [4.78, 5) is 12.6. The number of nitrogens with zero attached hydrogens (tertiary/aromatic N) is 2. The lowest BCUT2D eigenvalue weighted by Crippen LogP contribution is -2.35. The van der Waals surface area contributed by atoms with Gasteiger partial charge in [-0.3, -0.25) is 4.79 Å². The van der Waals surface area contributed by atoms with E-state index in [1.165, 1.54) is 31.5 Å². The molecule has 1 aliphatic heterocycles. The minimum atomic E-state index is -4.07. The van der Waals surface area contributed by atoms with Crippen LogP contribution in [0.4, 0.5) is 5.69 Å². The molecule has 2 N–H and O–H groups in total. The predicted octanol–water partition coefficient (Wildman–Crippen LogP) is 1.80. The lowest BCUT2D eigenvalue weighted by Gasteiger charge is -2.23. The number of anilines is 1. The number of benzene rings is 1. The number of nitrogens with one attached hydrogen (secondary N) is 1. The number of carbonyl (C=O) groups is 1. The van der Waals surface area contributed by atoms with Gasteiger partial charge in [-0.1, -0.05) is 6.07 Å². The Morgan fingerprint density at radius 2 is 2.08 bits per heavy atom. The number of furan rings is 1. The molecule has 3 rings (SSSR count). The standard InChI is InChI=1S/C16H15N3O5S/c1-10-5-6-14(20)11(8-10)17-16(21)13-9-12(15-4-3-7-24-15)18-25(22,23)19(13)2/h3-9,20H,1-2H3,(H,17,21). The number of likely N-dealkylation sites (N-methyl/N-ethyl adjacent to an activating group) is 1. The second-order valence-electron chi connectivity index (χ2n) is 5.40. The maximum atomic E-state index is 12.6. The van der Waals surface area contributed by atoms with Crippen LogP contribution in [0.15, 0.2) is 57.2 Å². The van der Waals surface area contributed by atoms with Crippen molar-refractivity contribution in [1.29, 1.82) is 0 Å². The first-order chi connectivity index (χ1) is 11.8. The normalized spacial score (nSPS) is 16.2. The van der Waals surface area contributed by atoms with Gasteiger partial charge in [-0.15, -0.1) is 4.40 Å². The van der Waals surface area contributed by atoms with Crippen molar-refractivity contribution in [3.8, 4) is 5.75 Å². The number of aromatic hydroxyl groups is 1. The van der Waals surface area contributed by atoms with Crippen molar-refractivity contribution in [2.75, 3.05) is 12.4 Å². The molecule has 8 nitrogen and oxygen atoms in total. The monoisotopic (exact) mass is 361 g/mol. The molecule has 2 aromatic rings. The number of rotatable bonds is 3. The third kappa shape index (κ3) is 3.26. The first-order valence-corrected chi connectivity index (χ1v) is 8.63. The van der Waals surface area contributed by atoms with E-state index < -0.39 is 16.1 Å². The minimum Gasteiger partial charge on any atom is -0.506 e. The van der Waals surface area contributed by atoms with Crippen molar-refractivity contribution in [1.82, 2.24) is 4.31 Å². The summed E-state index contributed by atoms with van der Waals surface area (Å²) in [6, 6.07) is 7.82. The van der Waals surface area contributed by atoms with E-state index in [0.29, 0.717) is 0 Å². The van der Waals surface area contributed by atoms with Crippen molar-refractivity contribution in [2.45, 2.75) is 6.92 Å². The number of hydrogen-bond donors (Lipinski definition) is 2. The Bertz CT molecular complexity index is 991. The van der Waals surface area contributed by atoms with Crippen LogP contribution in [0.1, 0.15) is 11.3 Å². The van der Waals surface area contributed by atoms with Crippen molar-refractivity contribution < 1.29 is 22.7 Å². The zero-order valence-electron chi connectivity index (χ0n) is 13.4. The number of aryl methyl sites for hydroxylation is 1. The molecule has 0 saturated carbocycles. The van der Waals surface area contributed by atoms with Gasteiger partial charge in [0.2, 0.25) is 0 Å². The molecule has 0 saturated heterocycles. The van der Waals surface area contributed by atoms with Gasteiger partial charge in [0.1, 0.15) is 17.2 Å². The molecular weight excluding hydrogens is 346 g/mol. The fourth-order valence-electron chi connectivity index (χ4n) is 2.24. The van der Waals surface area contributed by atoms with Gasteiger partial charge in [0.15, 0.2) is 5.76 Å². The van der Waals surface area contributed by atoms with E-state index in [1.54, 1.807) is 25.1 Å². The lowest BCUT2D eigenvalue weighted by atomic mass is 10.2. The summed E-state index contributed by atoms with van der Waals surface area (Å²) >= 11 is 0. The van der Waals surface area contributed by atoms with E-state index in [0.717, 1.165) is 9.87 Å². The summed E-state index contributed by atoms with van der Waals surface area (Å²) in [7, 11) is -2.85. The molecule has 1 aromatic carbocycles. The molecule has 0 atom stereocenters. The predicted molar refractivity (Wildman–Crippen MR) is 91.5 cm³/mol. The number of phenols is 1. The van der Waals surface area contributed by atoms with Crippen molar-refractivity contribution in [3.63, 3.8) is 0 Å². The van der Waals surface area contributed by atoms with E-state index in [-0.39, 0.29) is 28.6 Å². The molecule has 0 bridgehead atoms. The molecule has 9 heteroatoms. The molecule has 0 spiro atoms. The van der Waals surface area contributed by atoms with Gasteiger partial charge in [0, 0.05) is 7.05 Å². The second-order valence-corrected chi connectivity index (χ2v) is 7.03. The SMILES string of the molecule is Cc1ccc(O)c(NC(=O)C2=CC(c3ccco3)=NS(=O)(=O)N2C)c1. The molecule has 0 aliphatic carbocycles. The zero-order chi connectivity index (χ0) is 18.2. The molecule has 2 heterocycles. The van der Waals surface area contributed by atoms with Gasteiger partial charge in [-0.05, 0) is 42.8 Å². The Morgan fingerprint density at radius 1 is 1.32 bits per heavy atom. The number of phenolic OH excluding ortho intramolecular Hbond substituents is 1. The first kappa shape index (κ1) is 16.8. The largest absolute Gasteiger partial charge is 0.506 e. The number of hydrogen-bond acceptors (Lipinski definition) is 5. The fourth-order valence-corrected chi connectivity index (χ4v) is 3.14.